The summed E-state index contributed by atoms with van der Waals surface area (Å²) in [5.41, 5.74) is 0.732. The van der Waals surface area contributed by atoms with Gasteiger partial charge in [-0.2, -0.15) is 0 Å². The quantitative estimate of drug-likeness (QED) is 0.359. The lowest BCUT2D eigenvalue weighted by molar-refractivity contribution is -0.384. The molecule has 0 unspecified atom stereocenters. The van der Waals surface area contributed by atoms with E-state index in [9.17, 15) is 24.5 Å². The Balaban J connectivity index is 2.03. The van der Waals surface area contributed by atoms with Crippen LogP contribution < -0.4 is 10.6 Å². The normalized spacial score (nSPS) is 11.1. The molecule has 2 aromatic rings. The molecule has 0 saturated heterocycles. The van der Waals surface area contributed by atoms with E-state index < -0.39 is 35.4 Å². The van der Waals surface area contributed by atoms with Crippen LogP contribution >= 0.6 is 0 Å². The van der Waals surface area contributed by atoms with Gasteiger partial charge in [-0.25, -0.2) is 9.59 Å². The third kappa shape index (κ3) is 6.03. The topological polar surface area (TPSA) is 137 Å². The molecule has 1 atom stereocenters. The van der Waals surface area contributed by atoms with E-state index in [4.69, 9.17) is 9.47 Å². The number of nitro groups is 1. The van der Waals surface area contributed by atoms with Gasteiger partial charge in [0, 0.05) is 31.3 Å². The number of esters is 2. The first-order valence-corrected chi connectivity index (χ1v) is 8.90. The number of nitrogens with one attached hydrogen (secondary N) is 2. The SMILES string of the molecule is CNc1ccc([N+](=O)[O-])cc1C(=O)OCC(=O)N[C@H](Cc1ccccc1)C(=O)OC. The first-order valence-electron chi connectivity index (χ1n) is 8.90. The van der Waals surface area contributed by atoms with Gasteiger partial charge in [-0.05, 0) is 11.6 Å². The van der Waals surface area contributed by atoms with Gasteiger partial charge < -0.3 is 20.1 Å². The van der Waals surface area contributed by atoms with E-state index in [0.717, 1.165) is 11.6 Å². The average molecular weight is 415 g/mol. The predicted molar refractivity (Wildman–Crippen MR) is 107 cm³/mol. The highest BCUT2D eigenvalue weighted by Gasteiger charge is 2.23. The highest BCUT2D eigenvalue weighted by molar-refractivity contribution is 5.97. The summed E-state index contributed by atoms with van der Waals surface area (Å²) in [4.78, 5) is 46.8. The van der Waals surface area contributed by atoms with Gasteiger partial charge in [0.1, 0.15) is 6.04 Å². The summed E-state index contributed by atoms with van der Waals surface area (Å²) in [5.74, 6) is -2.28. The molecular weight excluding hydrogens is 394 g/mol. The van der Waals surface area contributed by atoms with E-state index in [1.54, 1.807) is 24.3 Å². The molecule has 0 fully saturated rings. The lowest BCUT2D eigenvalue weighted by atomic mass is 10.1. The molecule has 30 heavy (non-hydrogen) atoms. The van der Waals surface area contributed by atoms with Crippen LogP contribution in [0.1, 0.15) is 15.9 Å². The van der Waals surface area contributed by atoms with E-state index >= 15 is 0 Å². The van der Waals surface area contributed by atoms with E-state index in [-0.39, 0.29) is 17.7 Å². The lowest BCUT2D eigenvalue weighted by Crippen LogP contribution is -2.44. The Kier molecular flexibility index (Phi) is 7.86. The van der Waals surface area contributed by atoms with Crippen LogP contribution in [0.5, 0.6) is 0 Å². The molecule has 0 spiro atoms. The number of amides is 1. The van der Waals surface area contributed by atoms with Crippen molar-refractivity contribution in [2.24, 2.45) is 0 Å². The Bertz CT molecular complexity index is 931. The summed E-state index contributed by atoms with van der Waals surface area (Å²) in [6, 6.07) is 11.7. The third-order valence-electron chi connectivity index (χ3n) is 4.14. The molecule has 2 rings (SSSR count). The smallest absolute Gasteiger partial charge is 0.341 e. The number of hydrogen-bond acceptors (Lipinski definition) is 8. The number of ether oxygens (including phenoxy) is 2. The zero-order valence-electron chi connectivity index (χ0n) is 16.4. The van der Waals surface area contributed by atoms with Crippen molar-refractivity contribution >= 4 is 29.2 Å². The first-order chi connectivity index (χ1) is 14.3. The second-order valence-electron chi connectivity index (χ2n) is 6.15. The number of nitro benzene ring substituents is 1. The molecule has 0 radical (unpaired) electrons. The van der Waals surface area contributed by atoms with Crippen LogP contribution in [0.25, 0.3) is 0 Å². The van der Waals surface area contributed by atoms with E-state index in [1.165, 1.54) is 26.3 Å². The molecule has 0 aromatic heterocycles. The van der Waals surface area contributed by atoms with Crippen molar-refractivity contribution < 1.29 is 28.8 Å². The number of anilines is 1. The van der Waals surface area contributed by atoms with Crippen LogP contribution in [0.4, 0.5) is 11.4 Å². The molecule has 2 N–H and O–H groups in total. The van der Waals surface area contributed by atoms with E-state index in [0.29, 0.717) is 5.69 Å². The fraction of sp³-hybridized carbons (Fsp3) is 0.250. The number of carbonyl (C=O) groups excluding carboxylic acids is 3. The minimum atomic E-state index is -0.964. The first kappa shape index (κ1) is 22.3. The summed E-state index contributed by atoms with van der Waals surface area (Å²) < 4.78 is 9.68. The van der Waals surface area contributed by atoms with Crippen LogP contribution in [0.3, 0.4) is 0 Å². The molecule has 0 heterocycles. The standard InChI is InChI=1S/C20H21N3O7/c1-21-16-9-8-14(23(27)28)11-15(16)19(25)30-12-18(24)22-17(20(26)29-2)10-13-6-4-3-5-7-13/h3-9,11,17,21H,10,12H2,1-2H3,(H,22,24)/t17-/m1/s1. The Morgan fingerprint density at radius 1 is 1.13 bits per heavy atom. The molecule has 0 saturated carbocycles. The maximum Gasteiger partial charge on any atom is 0.341 e. The largest absolute Gasteiger partial charge is 0.467 e. The van der Waals surface area contributed by atoms with E-state index in [2.05, 4.69) is 10.6 Å². The number of rotatable bonds is 9. The van der Waals surface area contributed by atoms with Gasteiger partial charge >= 0.3 is 11.9 Å². The molecule has 0 aliphatic rings. The number of carbonyl (C=O) groups is 3. The molecule has 1 amide bonds. The molecular formula is C20H21N3O7. The summed E-state index contributed by atoms with van der Waals surface area (Å²) in [6.07, 6.45) is 0.196. The number of hydrogen-bond donors (Lipinski definition) is 2. The minimum absolute atomic E-state index is 0.0895. The molecule has 0 aliphatic heterocycles. The van der Waals surface area contributed by atoms with Crippen molar-refractivity contribution in [2.45, 2.75) is 12.5 Å². The second-order valence-corrected chi connectivity index (χ2v) is 6.15. The lowest BCUT2D eigenvalue weighted by Gasteiger charge is -2.17. The van der Waals surface area contributed by atoms with Crippen molar-refractivity contribution in [1.82, 2.24) is 5.32 Å². The third-order valence-corrected chi connectivity index (χ3v) is 4.14. The minimum Gasteiger partial charge on any atom is -0.467 e. The van der Waals surface area contributed by atoms with Gasteiger partial charge in [0.25, 0.3) is 11.6 Å². The Hall–Kier alpha value is -3.95. The number of methoxy groups -OCH3 is 1. The second kappa shape index (κ2) is 10.6. The zero-order chi connectivity index (χ0) is 22.1. The maximum atomic E-state index is 12.3. The van der Waals surface area contributed by atoms with Crippen LogP contribution in [-0.4, -0.2) is 49.6 Å². The summed E-state index contributed by atoms with van der Waals surface area (Å²) in [7, 11) is 2.74. The summed E-state index contributed by atoms with van der Waals surface area (Å²) in [6.45, 7) is -0.674. The molecule has 10 nitrogen and oxygen atoms in total. The van der Waals surface area contributed by atoms with Crippen molar-refractivity contribution in [3.8, 4) is 0 Å². The van der Waals surface area contributed by atoms with Crippen molar-refractivity contribution in [3.63, 3.8) is 0 Å². The van der Waals surface area contributed by atoms with Crippen molar-refractivity contribution in [3.05, 3.63) is 69.8 Å². The van der Waals surface area contributed by atoms with Crippen LogP contribution in [0, 0.1) is 10.1 Å². The molecule has 10 heteroatoms. The highest BCUT2D eigenvalue weighted by Crippen LogP contribution is 2.22. The van der Waals surface area contributed by atoms with Gasteiger partial charge in [0.05, 0.1) is 17.6 Å². The Labute approximate surface area is 172 Å². The van der Waals surface area contributed by atoms with Crippen LogP contribution in [0.2, 0.25) is 0 Å². The van der Waals surface area contributed by atoms with Gasteiger partial charge in [-0.1, -0.05) is 30.3 Å². The van der Waals surface area contributed by atoms with Gasteiger partial charge in [-0.15, -0.1) is 0 Å². The molecule has 2 aromatic carbocycles. The van der Waals surface area contributed by atoms with Gasteiger partial charge in [-0.3, -0.25) is 14.9 Å². The fourth-order valence-electron chi connectivity index (χ4n) is 2.66. The average Bonchev–Trinajstić information content (AvgIpc) is 2.76. The van der Waals surface area contributed by atoms with Crippen LogP contribution in [0.15, 0.2) is 48.5 Å². The summed E-state index contributed by atoms with van der Waals surface area (Å²) in [5, 5.41) is 16.1. The molecule has 158 valence electrons. The van der Waals surface area contributed by atoms with Crippen LogP contribution in [-0.2, 0) is 25.5 Å². The molecule has 0 bridgehead atoms. The fourth-order valence-corrected chi connectivity index (χ4v) is 2.66. The number of benzene rings is 2. The van der Waals surface area contributed by atoms with Crippen molar-refractivity contribution in [1.29, 1.82) is 0 Å². The Morgan fingerprint density at radius 2 is 1.83 bits per heavy atom. The van der Waals surface area contributed by atoms with Gasteiger partial charge in [0.2, 0.25) is 0 Å². The van der Waals surface area contributed by atoms with Crippen molar-refractivity contribution in [2.75, 3.05) is 26.1 Å². The molecule has 0 aliphatic carbocycles. The van der Waals surface area contributed by atoms with Gasteiger partial charge in [0.15, 0.2) is 6.61 Å². The predicted octanol–water partition coefficient (Wildman–Crippen LogP) is 1.69. The number of non-ortho nitro benzene ring substituents is 1. The maximum absolute atomic E-state index is 12.3. The summed E-state index contributed by atoms with van der Waals surface area (Å²) >= 11 is 0. The highest BCUT2D eigenvalue weighted by atomic mass is 16.6. The monoisotopic (exact) mass is 415 g/mol. The van der Waals surface area contributed by atoms with E-state index in [1.807, 2.05) is 6.07 Å². The zero-order valence-corrected chi connectivity index (χ0v) is 16.4. The Morgan fingerprint density at radius 3 is 2.43 bits per heavy atom. The number of nitrogens with zero attached hydrogens (tertiary/aromatic N) is 1.